The fourth-order valence-corrected chi connectivity index (χ4v) is 3.41. The number of ether oxygens (including phenoxy) is 1. The fourth-order valence-electron chi connectivity index (χ4n) is 3.28. The number of rotatable bonds is 8. The molecule has 3 rings (SSSR count). The summed E-state index contributed by atoms with van der Waals surface area (Å²) >= 11 is 5.93. The lowest BCUT2D eigenvalue weighted by Gasteiger charge is -2.19. The smallest absolute Gasteiger partial charge is 0.294 e. The first-order valence-electron chi connectivity index (χ1n) is 9.68. The molecule has 3 aromatic rings. The van der Waals surface area contributed by atoms with E-state index in [4.69, 9.17) is 16.3 Å². The van der Waals surface area contributed by atoms with Crippen LogP contribution < -0.4 is 4.74 Å². The Labute approximate surface area is 181 Å². The van der Waals surface area contributed by atoms with Crippen LogP contribution in [0.25, 0.3) is 10.9 Å². The molecule has 0 saturated carbocycles. The number of amides is 1. The maximum Gasteiger partial charge on any atom is 0.294 e. The molecule has 0 fully saturated rings. The van der Waals surface area contributed by atoms with Crippen LogP contribution in [0.4, 0.5) is 0 Å². The Morgan fingerprint density at radius 2 is 1.67 bits per heavy atom. The summed E-state index contributed by atoms with van der Waals surface area (Å²) < 4.78 is 7.81. The van der Waals surface area contributed by atoms with E-state index in [1.165, 1.54) is 4.90 Å². The highest BCUT2D eigenvalue weighted by atomic mass is 35.5. The molecule has 6 nitrogen and oxygen atoms in total. The first kappa shape index (κ1) is 21.9. The van der Waals surface area contributed by atoms with Gasteiger partial charge in [-0.15, -0.1) is 0 Å². The number of hydrogen-bond acceptors (Lipinski definition) is 4. The second-order valence-electron chi connectivity index (χ2n) is 7.50. The molecule has 1 amide bonds. The maximum absolute atomic E-state index is 13.2. The highest BCUT2D eigenvalue weighted by Crippen LogP contribution is 2.28. The van der Waals surface area contributed by atoms with Crippen molar-refractivity contribution in [1.29, 1.82) is 0 Å². The number of benzene rings is 2. The van der Waals surface area contributed by atoms with Crippen LogP contribution in [-0.2, 0) is 18.4 Å². The average Bonchev–Trinajstić information content (AvgIpc) is 3.02. The highest BCUT2D eigenvalue weighted by Gasteiger charge is 2.28. The van der Waals surface area contributed by atoms with Gasteiger partial charge in [0.2, 0.25) is 0 Å². The van der Waals surface area contributed by atoms with Gasteiger partial charge in [0.25, 0.3) is 11.7 Å². The Bertz CT molecular complexity index is 1060. The quantitative estimate of drug-likeness (QED) is 0.407. The van der Waals surface area contributed by atoms with Gasteiger partial charge in [-0.05, 0) is 44.4 Å². The van der Waals surface area contributed by atoms with Crippen LogP contribution >= 0.6 is 11.6 Å². The van der Waals surface area contributed by atoms with Crippen LogP contribution in [0, 0.1) is 0 Å². The molecule has 0 aliphatic rings. The number of likely N-dealkylation sites (N-methyl/N-ethyl adjacent to an activating group) is 2. The predicted molar refractivity (Wildman–Crippen MR) is 119 cm³/mol. The Morgan fingerprint density at radius 1 is 1.00 bits per heavy atom. The largest absolute Gasteiger partial charge is 0.487 e. The third kappa shape index (κ3) is 4.66. The zero-order valence-electron chi connectivity index (χ0n) is 17.7. The van der Waals surface area contributed by atoms with Crippen molar-refractivity contribution < 1.29 is 14.3 Å². The summed E-state index contributed by atoms with van der Waals surface area (Å²) in [6, 6.07) is 14.6. The van der Waals surface area contributed by atoms with Gasteiger partial charge in [-0.3, -0.25) is 9.59 Å². The highest BCUT2D eigenvalue weighted by molar-refractivity contribution is 6.45. The zero-order valence-corrected chi connectivity index (χ0v) is 18.4. The molecule has 2 aromatic carbocycles. The number of hydrogen-bond donors (Lipinski definition) is 0. The molecule has 158 valence electrons. The van der Waals surface area contributed by atoms with Gasteiger partial charge in [0.15, 0.2) is 0 Å². The number of carbonyl (C=O) groups is 2. The van der Waals surface area contributed by atoms with Crippen molar-refractivity contribution in [2.45, 2.75) is 6.61 Å². The number of halogens is 1. The van der Waals surface area contributed by atoms with E-state index >= 15 is 0 Å². The molecule has 7 heteroatoms. The van der Waals surface area contributed by atoms with Crippen molar-refractivity contribution in [3.8, 4) is 5.75 Å². The van der Waals surface area contributed by atoms with E-state index in [1.54, 1.807) is 31.3 Å². The summed E-state index contributed by atoms with van der Waals surface area (Å²) in [5, 5.41) is 1.36. The molecule has 1 heterocycles. The number of aromatic nitrogens is 1. The molecule has 0 spiro atoms. The zero-order chi connectivity index (χ0) is 21.8. The minimum absolute atomic E-state index is 0.155. The average molecular weight is 428 g/mol. The molecule has 0 radical (unpaired) electrons. The van der Waals surface area contributed by atoms with Gasteiger partial charge in [0, 0.05) is 43.1 Å². The van der Waals surface area contributed by atoms with Gasteiger partial charge in [-0.1, -0.05) is 29.8 Å². The van der Waals surface area contributed by atoms with E-state index in [-0.39, 0.29) is 6.61 Å². The molecule has 0 unspecified atom stereocenters. The number of Topliss-reactive ketones (excluding diaryl/α,β-unsaturated/α-hetero) is 1. The van der Waals surface area contributed by atoms with Crippen LogP contribution in [0.3, 0.4) is 0 Å². The molecule has 0 atom stereocenters. The molecule has 0 aliphatic heterocycles. The van der Waals surface area contributed by atoms with Gasteiger partial charge >= 0.3 is 0 Å². The van der Waals surface area contributed by atoms with Crippen molar-refractivity contribution in [1.82, 2.24) is 14.4 Å². The van der Waals surface area contributed by atoms with Gasteiger partial charge in [-0.2, -0.15) is 0 Å². The fraction of sp³-hybridized carbons (Fsp3) is 0.304. The van der Waals surface area contributed by atoms with Gasteiger partial charge in [-0.25, -0.2) is 0 Å². The molecule has 0 bridgehead atoms. The van der Waals surface area contributed by atoms with Crippen molar-refractivity contribution in [2.75, 3.05) is 34.2 Å². The van der Waals surface area contributed by atoms with Crippen LogP contribution in [0.15, 0.2) is 48.5 Å². The number of nitrogens with zero attached hydrogens (tertiary/aromatic N) is 3. The normalized spacial score (nSPS) is 11.1. The lowest BCUT2D eigenvalue weighted by atomic mass is 10.1. The van der Waals surface area contributed by atoms with Gasteiger partial charge in [0.05, 0.1) is 11.3 Å². The summed E-state index contributed by atoms with van der Waals surface area (Å²) in [6.07, 6.45) is 0. The van der Waals surface area contributed by atoms with E-state index in [1.807, 2.05) is 54.9 Å². The molecular weight excluding hydrogens is 402 g/mol. The van der Waals surface area contributed by atoms with Crippen LogP contribution in [0.2, 0.25) is 5.02 Å². The maximum atomic E-state index is 13.2. The molecule has 0 saturated heterocycles. The minimum Gasteiger partial charge on any atom is -0.487 e. The third-order valence-electron chi connectivity index (χ3n) is 5.07. The Balaban J connectivity index is 1.94. The minimum atomic E-state index is -0.527. The standard InChI is InChI=1S/C23H26ClN3O3/c1-25(2)13-14-26(3)23(29)22(28)21-18-7-5-6-8-19(18)27(4)20(21)15-30-17-11-9-16(24)10-12-17/h5-12H,13-15H2,1-4H3. The van der Waals surface area contributed by atoms with E-state index in [0.29, 0.717) is 35.1 Å². The SMILES string of the molecule is CN(C)CCN(C)C(=O)C(=O)c1c(COc2ccc(Cl)cc2)n(C)c2ccccc12. The summed E-state index contributed by atoms with van der Waals surface area (Å²) in [6.45, 7) is 1.30. The summed E-state index contributed by atoms with van der Waals surface area (Å²) in [4.78, 5) is 29.5. The van der Waals surface area contributed by atoms with Crippen molar-refractivity contribution in [3.63, 3.8) is 0 Å². The van der Waals surface area contributed by atoms with Crippen LogP contribution in [0.5, 0.6) is 5.75 Å². The van der Waals surface area contributed by atoms with Crippen molar-refractivity contribution >= 4 is 34.2 Å². The first-order valence-corrected chi connectivity index (χ1v) is 10.1. The molecule has 1 aromatic heterocycles. The van der Waals surface area contributed by atoms with Crippen molar-refractivity contribution in [2.24, 2.45) is 7.05 Å². The lowest BCUT2D eigenvalue weighted by molar-refractivity contribution is -0.125. The molecule has 0 N–H and O–H groups in total. The lowest BCUT2D eigenvalue weighted by Crippen LogP contribution is -2.38. The Morgan fingerprint density at radius 3 is 2.33 bits per heavy atom. The number of aryl methyl sites for hydroxylation is 1. The van der Waals surface area contributed by atoms with Crippen LogP contribution in [-0.4, -0.2) is 60.3 Å². The molecule has 30 heavy (non-hydrogen) atoms. The number of para-hydroxylation sites is 1. The monoisotopic (exact) mass is 427 g/mol. The summed E-state index contributed by atoms with van der Waals surface area (Å²) in [5.41, 5.74) is 1.92. The number of fused-ring (bicyclic) bond motifs is 1. The van der Waals surface area contributed by atoms with E-state index in [9.17, 15) is 9.59 Å². The number of carbonyl (C=O) groups excluding carboxylic acids is 2. The van der Waals surface area contributed by atoms with Gasteiger partial charge in [0.1, 0.15) is 12.4 Å². The second kappa shape index (κ2) is 9.32. The van der Waals surface area contributed by atoms with Crippen LogP contribution in [0.1, 0.15) is 16.1 Å². The second-order valence-corrected chi connectivity index (χ2v) is 7.94. The topological polar surface area (TPSA) is 54.8 Å². The molecular formula is C23H26ClN3O3. The van der Waals surface area contributed by atoms with E-state index in [0.717, 1.165) is 10.9 Å². The predicted octanol–water partition coefficient (Wildman–Crippen LogP) is 3.61. The van der Waals surface area contributed by atoms with E-state index < -0.39 is 11.7 Å². The first-order chi connectivity index (χ1) is 14.3. The number of ketones is 1. The Hall–Kier alpha value is -2.83. The van der Waals surface area contributed by atoms with Crippen molar-refractivity contribution in [3.05, 3.63) is 64.8 Å². The molecule has 0 aliphatic carbocycles. The third-order valence-corrected chi connectivity index (χ3v) is 5.32. The summed E-state index contributed by atoms with van der Waals surface area (Å²) in [5.74, 6) is -0.416. The van der Waals surface area contributed by atoms with E-state index in [2.05, 4.69) is 0 Å². The van der Waals surface area contributed by atoms with Gasteiger partial charge < -0.3 is 19.1 Å². The summed E-state index contributed by atoms with van der Waals surface area (Å²) in [7, 11) is 7.38. The Kier molecular flexibility index (Phi) is 6.80.